The predicted octanol–water partition coefficient (Wildman–Crippen LogP) is 3.52. The van der Waals surface area contributed by atoms with Gasteiger partial charge < -0.3 is 5.11 Å². The Bertz CT molecular complexity index is 667. The molecule has 0 aliphatic rings. The number of benzene rings is 2. The van der Waals surface area contributed by atoms with Crippen molar-refractivity contribution >= 4 is 27.7 Å². The van der Waals surface area contributed by atoms with Gasteiger partial charge in [0.2, 0.25) is 0 Å². The van der Waals surface area contributed by atoms with E-state index < -0.39 is 17.6 Å². The first-order chi connectivity index (χ1) is 9.00. The number of carbonyl (C=O) groups is 2. The highest BCUT2D eigenvalue weighted by Gasteiger charge is 2.17. The van der Waals surface area contributed by atoms with E-state index >= 15 is 0 Å². The van der Waals surface area contributed by atoms with Gasteiger partial charge in [-0.05, 0) is 40.2 Å². The molecule has 0 amide bonds. The fourth-order valence-electron chi connectivity index (χ4n) is 1.66. The molecule has 0 saturated carbocycles. The Kier molecular flexibility index (Phi) is 3.76. The van der Waals surface area contributed by atoms with E-state index in [-0.39, 0.29) is 21.2 Å². The molecule has 0 unspecified atom stereocenters. The molecule has 0 saturated heterocycles. The lowest BCUT2D eigenvalue weighted by Crippen LogP contribution is -2.09. The van der Waals surface area contributed by atoms with Gasteiger partial charge in [-0.3, -0.25) is 4.79 Å². The van der Waals surface area contributed by atoms with Crippen molar-refractivity contribution in [2.45, 2.75) is 0 Å². The maximum Gasteiger partial charge on any atom is 0.336 e. The van der Waals surface area contributed by atoms with Crippen LogP contribution in [0.3, 0.4) is 0 Å². The van der Waals surface area contributed by atoms with Crippen LogP contribution in [-0.2, 0) is 0 Å². The Morgan fingerprint density at radius 3 is 2.26 bits per heavy atom. The number of hydrogen-bond donors (Lipinski definition) is 1. The zero-order valence-electron chi connectivity index (χ0n) is 9.56. The minimum atomic E-state index is -1.18. The van der Waals surface area contributed by atoms with Gasteiger partial charge in [-0.1, -0.05) is 18.2 Å². The third-order valence-electron chi connectivity index (χ3n) is 2.58. The van der Waals surface area contributed by atoms with Gasteiger partial charge in [-0.25, -0.2) is 9.18 Å². The van der Waals surface area contributed by atoms with E-state index in [0.29, 0.717) is 0 Å². The molecule has 0 radical (unpaired) electrons. The molecular formula is C14H8BrFO3. The van der Waals surface area contributed by atoms with Crippen LogP contribution in [0.2, 0.25) is 0 Å². The summed E-state index contributed by atoms with van der Waals surface area (Å²) in [5, 5.41) is 9.04. The van der Waals surface area contributed by atoms with E-state index in [1.165, 1.54) is 24.3 Å². The second kappa shape index (κ2) is 5.32. The average molecular weight is 323 g/mol. The number of ketones is 1. The Balaban J connectivity index is 2.50. The van der Waals surface area contributed by atoms with Gasteiger partial charge in [0.05, 0.1) is 10.0 Å². The van der Waals surface area contributed by atoms with Crippen molar-refractivity contribution in [2.24, 2.45) is 0 Å². The Labute approximate surface area is 116 Å². The Morgan fingerprint density at radius 1 is 1.05 bits per heavy atom. The molecule has 96 valence electrons. The van der Waals surface area contributed by atoms with Crippen LogP contribution in [0, 0.1) is 5.82 Å². The van der Waals surface area contributed by atoms with Crippen LogP contribution in [0.4, 0.5) is 4.39 Å². The first-order valence-electron chi connectivity index (χ1n) is 5.33. The summed E-state index contributed by atoms with van der Waals surface area (Å²) in [5.41, 5.74) is 0.225. The molecule has 3 nitrogen and oxygen atoms in total. The largest absolute Gasteiger partial charge is 0.478 e. The third-order valence-corrected chi connectivity index (χ3v) is 3.19. The number of rotatable bonds is 3. The summed E-state index contributed by atoms with van der Waals surface area (Å²) in [4.78, 5) is 23.3. The second-order valence-corrected chi connectivity index (χ2v) is 4.66. The van der Waals surface area contributed by atoms with Crippen molar-refractivity contribution in [3.63, 3.8) is 0 Å². The zero-order chi connectivity index (χ0) is 14.0. The van der Waals surface area contributed by atoms with Gasteiger partial charge in [0.1, 0.15) is 5.82 Å². The van der Waals surface area contributed by atoms with Crippen LogP contribution in [0.25, 0.3) is 0 Å². The molecule has 19 heavy (non-hydrogen) atoms. The highest BCUT2D eigenvalue weighted by molar-refractivity contribution is 9.10. The van der Waals surface area contributed by atoms with Crippen molar-refractivity contribution in [2.75, 3.05) is 0 Å². The molecule has 0 aliphatic heterocycles. The van der Waals surface area contributed by atoms with Crippen LogP contribution >= 0.6 is 15.9 Å². The maximum atomic E-state index is 13.1. The molecule has 1 N–H and O–H groups in total. The smallest absolute Gasteiger partial charge is 0.336 e. The van der Waals surface area contributed by atoms with Crippen molar-refractivity contribution in [1.82, 2.24) is 0 Å². The van der Waals surface area contributed by atoms with E-state index in [1.807, 2.05) is 0 Å². The first kappa shape index (κ1) is 13.4. The minimum Gasteiger partial charge on any atom is -0.478 e. The molecule has 5 heteroatoms. The number of carboxylic acids is 1. The molecule has 2 aromatic carbocycles. The molecule has 0 aliphatic carbocycles. The topological polar surface area (TPSA) is 54.4 Å². The summed E-state index contributed by atoms with van der Waals surface area (Å²) < 4.78 is 13.3. The standard InChI is InChI=1S/C14H8BrFO3/c15-11-7-8(5-6-12(11)16)13(17)9-3-1-2-4-10(9)14(18)19/h1-7H,(H,18,19). The summed E-state index contributed by atoms with van der Waals surface area (Å²) in [6.07, 6.45) is 0. The molecular weight excluding hydrogens is 315 g/mol. The van der Waals surface area contributed by atoms with Gasteiger partial charge in [-0.15, -0.1) is 0 Å². The lowest BCUT2D eigenvalue weighted by atomic mass is 9.98. The fraction of sp³-hybridized carbons (Fsp3) is 0. The van der Waals surface area contributed by atoms with E-state index in [2.05, 4.69) is 15.9 Å². The van der Waals surface area contributed by atoms with Crippen molar-refractivity contribution in [1.29, 1.82) is 0 Å². The molecule has 0 bridgehead atoms. The van der Waals surface area contributed by atoms with E-state index in [1.54, 1.807) is 12.1 Å². The van der Waals surface area contributed by atoms with E-state index in [4.69, 9.17) is 5.11 Å². The molecule has 0 heterocycles. The van der Waals surface area contributed by atoms with Crippen LogP contribution < -0.4 is 0 Å². The Morgan fingerprint density at radius 2 is 1.68 bits per heavy atom. The van der Waals surface area contributed by atoms with Crippen molar-refractivity contribution < 1.29 is 19.1 Å². The number of carboxylic acid groups (broad SMARTS) is 1. The lowest BCUT2D eigenvalue weighted by Gasteiger charge is -2.05. The summed E-state index contributed by atoms with van der Waals surface area (Å²) >= 11 is 2.99. The zero-order valence-corrected chi connectivity index (χ0v) is 11.1. The predicted molar refractivity (Wildman–Crippen MR) is 70.9 cm³/mol. The van der Waals surface area contributed by atoms with Crippen LogP contribution in [0.5, 0.6) is 0 Å². The monoisotopic (exact) mass is 322 g/mol. The molecule has 2 rings (SSSR count). The summed E-state index contributed by atoms with van der Waals surface area (Å²) in [6, 6.07) is 9.72. The maximum absolute atomic E-state index is 13.1. The summed E-state index contributed by atoms with van der Waals surface area (Å²) in [6.45, 7) is 0. The molecule has 0 fully saturated rings. The lowest BCUT2D eigenvalue weighted by molar-refractivity contribution is 0.0693. The summed E-state index contributed by atoms with van der Waals surface area (Å²) in [5.74, 6) is -2.12. The molecule has 0 atom stereocenters. The van der Waals surface area contributed by atoms with Gasteiger partial charge in [-0.2, -0.15) is 0 Å². The van der Waals surface area contributed by atoms with Crippen molar-refractivity contribution in [3.05, 3.63) is 69.4 Å². The number of aromatic carboxylic acids is 1. The second-order valence-electron chi connectivity index (χ2n) is 3.81. The van der Waals surface area contributed by atoms with Crippen LogP contribution in [0.1, 0.15) is 26.3 Å². The third kappa shape index (κ3) is 2.71. The van der Waals surface area contributed by atoms with E-state index in [0.717, 1.165) is 6.07 Å². The summed E-state index contributed by atoms with van der Waals surface area (Å²) in [7, 11) is 0. The van der Waals surface area contributed by atoms with E-state index in [9.17, 15) is 14.0 Å². The Hall–Kier alpha value is -2.01. The average Bonchev–Trinajstić information content (AvgIpc) is 2.41. The first-order valence-corrected chi connectivity index (χ1v) is 6.12. The molecule has 2 aromatic rings. The fourth-order valence-corrected chi connectivity index (χ4v) is 2.04. The quantitative estimate of drug-likeness (QED) is 0.880. The number of halogens is 2. The van der Waals surface area contributed by atoms with Gasteiger partial charge in [0.15, 0.2) is 5.78 Å². The number of hydrogen-bond acceptors (Lipinski definition) is 2. The molecule has 0 spiro atoms. The van der Waals surface area contributed by atoms with Gasteiger partial charge in [0.25, 0.3) is 0 Å². The van der Waals surface area contributed by atoms with Crippen LogP contribution in [-0.4, -0.2) is 16.9 Å². The van der Waals surface area contributed by atoms with Crippen LogP contribution in [0.15, 0.2) is 46.9 Å². The highest BCUT2D eigenvalue weighted by atomic mass is 79.9. The minimum absolute atomic E-state index is 0.0760. The van der Waals surface area contributed by atoms with Gasteiger partial charge >= 0.3 is 5.97 Å². The highest BCUT2D eigenvalue weighted by Crippen LogP contribution is 2.20. The normalized spacial score (nSPS) is 10.2. The van der Waals surface area contributed by atoms with Gasteiger partial charge in [0, 0.05) is 11.1 Å². The van der Waals surface area contributed by atoms with Crippen molar-refractivity contribution in [3.8, 4) is 0 Å². The number of carbonyl (C=O) groups excluding carboxylic acids is 1. The molecule has 0 aromatic heterocycles. The SMILES string of the molecule is O=C(O)c1ccccc1C(=O)c1ccc(F)c(Br)c1.